The zero-order valence-corrected chi connectivity index (χ0v) is 44.1. The molecule has 8 heterocycles. The van der Waals surface area contributed by atoms with E-state index in [9.17, 15) is 16.8 Å². The number of halogens is 2. The van der Waals surface area contributed by atoms with Gasteiger partial charge < -0.3 is 28.4 Å². The smallest absolute Gasteiger partial charge is 0.245 e. The number of sulfone groups is 2. The van der Waals surface area contributed by atoms with Crippen LogP contribution in [-0.2, 0) is 40.7 Å². The van der Waals surface area contributed by atoms with Crippen molar-refractivity contribution < 1.29 is 45.3 Å². The molecule has 0 aliphatic carbocycles. The van der Waals surface area contributed by atoms with Crippen molar-refractivity contribution in [2.75, 3.05) is 41.7 Å². The standard InChI is InChI=1S/2C22H28ClN7O5S/c2*1-13(19-24-9-15(23)10-25-19)14(2)36(31,32)11-17-28-29-20(16-7-5-6-8-35-16)30(17)18-21(33-3)26-12-27-22(18)34-4/h2*9-10,12-14,16H,5-8,11H2,1-4H3/t13-,14-,16+;13-,14-,16-/m00/s1. The summed E-state index contributed by atoms with van der Waals surface area (Å²) in [5, 5.41) is 16.3. The van der Waals surface area contributed by atoms with E-state index in [1.54, 1.807) is 36.8 Å². The van der Waals surface area contributed by atoms with E-state index in [1.165, 1.54) is 65.9 Å². The fourth-order valence-electron chi connectivity index (χ4n) is 8.10. The molecule has 0 aromatic carbocycles. The molecule has 24 nitrogen and oxygen atoms in total. The Morgan fingerprint density at radius 1 is 0.542 bits per heavy atom. The predicted octanol–water partition coefficient (Wildman–Crippen LogP) is 5.73. The van der Waals surface area contributed by atoms with Crippen molar-refractivity contribution >= 4 is 42.9 Å². The van der Waals surface area contributed by atoms with Gasteiger partial charge in [-0.05, 0) is 52.4 Å². The van der Waals surface area contributed by atoms with Crippen molar-refractivity contribution in [2.24, 2.45) is 0 Å². The third-order valence-electron chi connectivity index (χ3n) is 12.5. The second kappa shape index (κ2) is 23.8. The molecule has 0 spiro atoms. The lowest BCUT2D eigenvalue weighted by Gasteiger charge is -2.24. The minimum absolute atomic E-state index is 0.168. The SMILES string of the molecule is COc1ncnc(OC)c1-n1c(CS(=O)(=O)[C@@H](C)[C@H](C)c2ncc(Cl)cn2)nnc1[C@@H]1CCCCO1.COc1ncnc(OC)c1-n1c(CS(=O)(=O)[C@@H](C)[C@H](C)c2ncc(Cl)cn2)nnc1[C@H]1CCCCO1. The molecule has 28 heteroatoms. The maximum atomic E-state index is 13.6. The normalized spacial score (nSPS) is 18.0. The van der Waals surface area contributed by atoms with Crippen LogP contribution < -0.4 is 18.9 Å². The van der Waals surface area contributed by atoms with Crippen LogP contribution in [0.2, 0.25) is 10.0 Å². The van der Waals surface area contributed by atoms with Gasteiger partial charge >= 0.3 is 0 Å². The van der Waals surface area contributed by atoms with E-state index >= 15 is 0 Å². The van der Waals surface area contributed by atoms with Gasteiger partial charge in [-0.2, -0.15) is 19.9 Å². The van der Waals surface area contributed by atoms with Crippen LogP contribution in [0.3, 0.4) is 0 Å². The second-order valence-corrected chi connectivity index (χ2v) is 22.5. The van der Waals surface area contributed by atoms with Gasteiger partial charge in [0.2, 0.25) is 23.5 Å². The Balaban J connectivity index is 0.000000211. The number of nitrogens with zero attached hydrogens (tertiary/aromatic N) is 14. The van der Waals surface area contributed by atoms with Crippen molar-refractivity contribution in [3.05, 3.63) is 82.4 Å². The molecule has 0 bridgehead atoms. The van der Waals surface area contributed by atoms with Gasteiger partial charge in [0.15, 0.2) is 54.3 Å². The van der Waals surface area contributed by atoms with E-state index in [4.69, 9.17) is 51.6 Å². The zero-order valence-electron chi connectivity index (χ0n) is 40.9. The summed E-state index contributed by atoms with van der Waals surface area (Å²) in [6.07, 6.45) is 12.8. The quantitative estimate of drug-likeness (QED) is 0.0992. The molecule has 2 aliphatic rings. The van der Waals surface area contributed by atoms with Crippen molar-refractivity contribution in [3.63, 3.8) is 0 Å². The molecule has 2 aliphatic heterocycles. The molecule has 6 atom stereocenters. The van der Waals surface area contributed by atoms with Crippen LogP contribution in [-0.4, -0.2) is 138 Å². The fraction of sp³-hybridized carbons (Fsp3) is 0.545. The van der Waals surface area contributed by atoms with E-state index in [0.717, 1.165) is 25.7 Å². The summed E-state index contributed by atoms with van der Waals surface area (Å²) in [6.45, 7) is 7.90. The maximum Gasteiger partial charge on any atom is 0.245 e. The van der Waals surface area contributed by atoms with Crippen LogP contribution in [0.15, 0.2) is 37.4 Å². The van der Waals surface area contributed by atoms with Gasteiger partial charge in [0.25, 0.3) is 0 Å². The molecular formula is C44H56Cl2N14O10S2. The Bertz CT molecular complexity index is 2750. The fourth-order valence-corrected chi connectivity index (χ4v) is 11.4. The average molecular weight is 1080 g/mol. The average Bonchev–Trinajstić information content (AvgIpc) is 4.01. The van der Waals surface area contributed by atoms with E-state index < -0.39 is 53.5 Å². The van der Waals surface area contributed by atoms with Crippen molar-refractivity contribution in [1.29, 1.82) is 0 Å². The molecule has 0 amide bonds. The first-order valence-electron chi connectivity index (χ1n) is 22.9. The molecule has 72 heavy (non-hydrogen) atoms. The first kappa shape index (κ1) is 54.0. The topological polar surface area (TPSA) is 288 Å². The largest absolute Gasteiger partial charge is 0.479 e. The van der Waals surface area contributed by atoms with Gasteiger partial charge in [0.1, 0.15) is 48.0 Å². The third kappa shape index (κ3) is 12.0. The number of rotatable bonds is 18. The lowest BCUT2D eigenvalue weighted by atomic mass is 10.1. The summed E-state index contributed by atoms with van der Waals surface area (Å²) in [6, 6.07) is 0. The first-order valence-corrected chi connectivity index (χ1v) is 27.1. The number of methoxy groups -OCH3 is 4. The Labute approximate surface area is 426 Å². The number of hydrogen-bond acceptors (Lipinski definition) is 22. The highest BCUT2D eigenvalue weighted by molar-refractivity contribution is 7.91. The van der Waals surface area contributed by atoms with Gasteiger partial charge in [-0.15, -0.1) is 20.4 Å². The molecule has 0 unspecified atom stereocenters. The summed E-state index contributed by atoms with van der Waals surface area (Å²) in [4.78, 5) is 33.5. The number of ether oxygens (including phenoxy) is 6. The van der Waals surface area contributed by atoms with Crippen molar-refractivity contribution in [1.82, 2.24) is 69.4 Å². The minimum atomic E-state index is -3.76. The van der Waals surface area contributed by atoms with Crippen LogP contribution in [0, 0.1) is 0 Å². The molecular weight excluding hydrogens is 1020 g/mol. The molecule has 0 saturated carbocycles. The highest BCUT2D eigenvalue weighted by Gasteiger charge is 2.37. The Hall–Kier alpha value is -5.80. The van der Waals surface area contributed by atoms with E-state index in [-0.39, 0.29) is 47.4 Å². The predicted molar refractivity (Wildman–Crippen MR) is 260 cm³/mol. The van der Waals surface area contributed by atoms with Crippen molar-refractivity contribution in [2.45, 2.75) is 112 Å². The lowest BCUT2D eigenvalue weighted by Crippen LogP contribution is -2.28. The maximum absolute atomic E-state index is 13.6. The number of aromatic nitrogens is 14. The zero-order chi connectivity index (χ0) is 51.7. The van der Waals surface area contributed by atoms with E-state index in [0.29, 0.717) is 70.8 Å². The van der Waals surface area contributed by atoms with Gasteiger partial charge in [-0.25, -0.2) is 36.8 Å². The molecule has 8 rings (SSSR count). The van der Waals surface area contributed by atoms with Crippen LogP contribution in [0.25, 0.3) is 11.4 Å². The summed E-state index contributed by atoms with van der Waals surface area (Å²) >= 11 is 11.8. The van der Waals surface area contributed by atoms with Crippen LogP contribution in [0.4, 0.5) is 0 Å². The van der Waals surface area contributed by atoms with Gasteiger partial charge in [0, 0.05) is 49.8 Å². The van der Waals surface area contributed by atoms with E-state index in [1.807, 2.05) is 0 Å². The molecule has 2 fully saturated rings. The Morgan fingerprint density at radius 3 is 1.17 bits per heavy atom. The summed E-state index contributed by atoms with van der Waals surface area (Å²) in [7, 11) is -1.69. The van der Waals surface area contributed by atoms with Crippen LogP contribution >= 0.6 is 23.2 Å². The summed E-state index contributed by atoms with van der Waals surface area (Å²) in [5.41, 5.74) is 0.618. The van der Waals surface area contributed by atoms with Crippen LogP contribution in [0.5, 0.6) is 23.5 Å². The minimum Gasteiger partial charge on any atom is -0.479 e. The Morgan fingerprint density at radius 2 is 0.875 bits per heavy atom. The highest BCUT2D eigenvalue weighted by atomic mass is 35.5. The molecule has 6 aromatic heterocycles. The molecule has 0 radical (unpaired) electrons. The molecule has 2 saturated heterocycles. The molecule has 388 valence electrons. The first-order chi connectivity index (χ1) is 34.5. The third-order valence-corrected chi connectivity index (χ3v) is 17.3. The van der Waals surface area contributed by atoms with Gasteiger partial charge in [-0.1, -0.05) is 37.0 Å². The van der Waals surface area contributed by atoms with Gasteiger partial charge in [0.05, 0.1) is 49.0 Å². The van der Waals surface area contributed by atoms with Crippen molar-refractivity contribution in [3.8, 4) is 34.9 Å². The summed E-state index contributed by atoms with van der Waals surface area (Å²) < 4.78 is 91.2. The second-order valence-electron chi connectivity index (χ2n) is 16.9. The number of hydrogen-bond donors (Lipinski definition) is 0. The summed E-state index contributed by atoms with van der Waals surface area (Å²) in [5.74, 6) is 0.927. The van der Waals surface area contributed by atoms with E-state index in [2.05, 4.69) is 60.3 Å². The molecule has 6 aromatic rings. The van der Waals surface area contributed by atoms with Crippen LogP contribution in [0.1, 0.15) is 125 Å². The van der Waals surface area contributed by atoms with Gasteiger partial charge in [-0.3, -0.25) is 9.13 Å². The highest BCUT2D eigenvalue weighted by Crippen LogP contribution is 2.38. The monoisotopic (exact) mass is 1070 g/mol. The molecule has 0 N–H and O–H groups in total. The lowest BCUT2D eigenvalue weighted by molar-refractivity contribution is 0.00818. The Kier molecular flexibility index (Phi) is 17.9.